The zero-order valence-electron chi connectivity index (χ0n) is 15.9. The molecule has 0 aliphatic rings. The number of thioether (sulfide) groups is 1. The number of para-hydroxylation sites is 2. The number of carbonyl (C=O) groups excluding carboxylic acids is 1. The van der Waals surface area contributed by atoms with Crippen LogP contribution in [0.1, 0.15) is 30.9 Å². The lowest BCUT2D eigenvalue weighted by atomic mass is 10.0. The van der Waals surface area contributed by atoms with Crippen molar-refractivity contribution in [1.82, 2.24) is 9.55 Å². The molecular formula is C21H20F3N3OS. The molecule has 4 nitrogen and oxygen atoms in total. The number of imidazole rings is 1. The van der Waals surface area contributed by atoms with Gasteiger partial charge in [0.15, 0.2) is 5.16 Å². The third-order valence-corrected chi connectivity index (χ3v) is 5.23. The first-order valence-corrected chi connectivity index (χ1v) is 9.97. The van der Waals surface area contributed by atoms with E-state index in [1.54, 1.807) is 12.4 Å². The maximum atomic E-state index is 13.1. The molecule has 1 heterocycles. The first-order chi connectivity index (χ1) is 13.8. The molecule has 0 aliphatic carbocycles. The van der Waals surface area contributed by atoms with Gasteiger partial charge in [-0.3, -0.25) is 9.36 Å². The van der Waals surface area contributed by atoms with E-state index in [2.05, 4.69) is 24.1 Å². The zero-order valence-corrected chi connectivity index (χ0v) is 16.7. The second kappa shape index (κ2) is 8.73. The van der Waals surface area contributed by atoms with Gasteiger partial charge in [0.25, 0.3) is 0 Å². The SMILES string of the molecule is CC(C)c1ccccc1-n1ccnc1SCC(=O)Nc1ccccc1C(F)(F)F. The monoisotopic (exact) mass is 419 g/mol. The van der Waals surface area contributed by atoms with Crippen molar-refractivity contribution >= 4 is 23.4 Å². The van der Waals surface area contributed by atoms with Crippen LogP contribution >= 0.6 is 11.8 Å². The molecule has 0 bridgehead atoms. The standard InChI is InChI=1S/C21H20F3N3OS/c1-14(2)15-7-3-6-10-18(15)27-12-11-25-20(27)29-13-19(28)26-17-9-5-4-8-16(17)21(22,23)24/h3-12,14H,13H2,1-2H3,(H,26,28). The summed E-state index contributed by atoms with van der Waals surface area (Å²) >= 11 is 1.17. The molecule has 0 saturated carbocycles. The minimum absolute atomic E-state index is 0.0625. The van der Waals surface area contributed by atoms with Gasteiger partial charge in [0.1, 0.15) is 0 Å². The summed E-state index contributed by atoms with van der Waals surface area (Å²) in [7, 11) is 0. The van der Waals surface area contributed by atoms with E-state index in [1.807, 2.05) is 28.8 Å². The van der Waals surface area contributed by atoms with Crippen molar-refractivity contribution < 1.29 is 18.0 Å². The fourth-order valence-corrected chi connectivity index (χ4v) is 3.70. The largest absolute Gasteiger partial charge is 0.418 e. The van der Waals surface area contributed by atoms with Crippen molar-refractivity contribution in [2.75, 3.05) is 11.1 Å². The highest BCUT2D eigenvalue weighted by Gasteiger charge is 2.33. The zero-order chi connectivity index (χ0) is 21.0. The van der Waals surface area contributed by atoms with Crippen molar-refractivity contribution in [2.45, 2.75) is 31.1 Å². The van der Waals surface area contributed by atoms with E-state index in [0.29, 0.717) is 11.1 Å². The number of alkyl halides is 3. The van der Waals surface area contributed by atoms with Crippen LogP contribution in [-0.4, -0.2) is 21.2 Å². The third kappa shape index (κ3) is 5.00. The van der Waals surface area contributed by atoms with Crippen LogP contribution in [0.25, 0.3) is 5.69 Å². The molecule has 0 saturated heterocycles. The molecule has 152 valence electrons. The Kier molecular flexibility index (Phi) is 6.32. The summed E-state index contributed by atoms with van der Waals surface area (Å²) in [6, 6.07) is 12.8. The third-order valence-electron chi connectivity index (χ3n) is 4.26. The van der Waals surface area contributed by atoms with Gasteiger partial charge < -0.3 is 5.32 Å². The summed E-state index contributed by atoms with van der Waals surface area (Å²) in [5.41, 5.74) is 0.978. The lowest BCUT2D eigenvalue weighted by molar-refractivity contribution is -0.137. The van der Waals surface area contributed by atoms with Crippen LogP contribution in [0.5, 0.6) is 0 Å². The summed E-state index contributed by atoms with van der Waals surface area (Å²) in [5, 5.41) is 2.95. The quantitative estimate of drug-likeness (QED) is 0.518. The topological polar surface area (TPSA) is 46.9 Å². The minimum Gasteiger partial charge on any atom is -0.325 e. The highest BCUT2D eigenvalue weighted by Crippen LogP contribution is 2.34. The van der Waals surface area contributed by atoms with E-state index in [4.69, 9.17) is 0 Å². The van der Waals surface area contributed by atoms with Gasteiger partial charge in [-0.25, -0.2) is 4.98 Å². The Morgan fingerprint density at radius 3 is 2.55 bits per heavy atom. The molecule has 1 amide bonds. The molecule has 2 aromatic carbocycles. The number of halogens is 3. The number of hydrogen-bond acceptors (Lipinski definition) is 3. The molecule has 0 spiro atoms. The number of rotatable bonds is 6. The molecular weight excluding hydrogens is 399 g/mol. The number of nitrogens with one attached hydrogen (secondary N) is 1. The normalized spacial score (nSPS) is 11.7. The van der Waals surface area contributed by atoms with E-state index in [1.165, 1.54) is 30.0 Å². The summed E-state index contributed by atoms with van der Waals surface area (Å²) in [6.45, 7) is 4.18. The predicted molar refractivity (Wildman–Crippen MR) is 108 cm³/mol. The van der Waals surface area contributed by atoms with Gasteiger partial charge in [0.2, 0.25) is 5.91 Å². The fourth-order valence-electron chi connectivity index (χ4n) is 2.93. The molecule has 8 heteroatoms. The van der Waals surface area contributed by atoms with Crippen LogP contribution in [0.3, 0.4) is 0 Å². The Balaban J connectivity index is 1.73. The van der Waals surface area contributed by atoms with Gasteiger partial charge >= 0.3 is 6.18 Å². The Labute approximate surface area is 171 Å². The number of hydrogen-bond donors (Lipinski definition) is 1. The van der Waals surface area contributed by atoms with Gasteiger partial charge in [-0.05, 0) is 29.7 Å². The second-order valence-electron chi connectivity index (χ2n) is 6.67. The number of anilines is 1. The minimum atomic E-state index is -4.53. The summed E-state index contributed by atoms with van der Waals surface area (Å²) in [5.74, 6) is -0.292. The van der Waals surface area contributed by atoms with Crippen molar-refractivity contribution in [2.24, 2.45) is 0 Å². The van der Waals surface area contributed by atoms with Gasteiger partial charge in [0.05, 0.1) is 22.7 Å². The van der Waals surface area contributed by atoms with Crippen LogP contribution < -0.4 is 5.32 Å². The van der Waals surface area contributed by atoms with Crippen LogP contribution in [-0.2, 0) is 11.0 Å². The molecule has 1 N–H and O–H groups in total. The fraction of sp³-hybridized carbons (Fsp3) is 0.238. The smallest absolute Gasteiger partial charge is 0.325 e. The first kappa shape index (κ1) is 21.0. The molecule has 1 aromatic heterocycles. The molecule has 0 radical (unpaired) electrons. The van der Waals surface area contributed by atoms with E-state index in [0.717, 1.165) is 17.3 Å². The van der Waals surface area contributed by atoms with E-state index in [9.17, 15) is 18.0 Å². The Bertz CT molecular complexity index is 999. The van der Waals surface area contributed by atoms with Crippen LogP contribution in [0.4, 0.5) is 18.9 Å². The highest BCUT2D eigenvalue weighted by atomic mass is 32.2. The summed E-state index contributed by atoms with van der Waals surface area (Å²) in [4.78, 5) is 16.6. The maximum Gasteiger partial charge on any atom is 0.418 e. The summed E-state index contributed by atoms with van der Waals surface area (Å²) in [6.07, 6.45) is -1.09. The molecule has 0 aliphatic heterocycles. The molecule has 0 fully saturated rings. The highest BCUT2D eigenvalue weighted by molar-refractivity contribution is 7.99. The van der Waals surface area contributed by atoms with E-state index >= 15 is 0 Å². The van der Waals surface area contributed by atoms with Crippen molar-refractivity contribution in [1.29, 1.82) is 0 Å². The average Bonchev–Trinajstić information content (AvgIpc) is 3.14. The Hall–Kier alpha value is -2.74. The Morgan fingerprint density at radius 2 is 1.83 bits per heavy atom. The second-order valence-corrected chi connectivity index (χ2v) is 7.62. The van der Waals surface area contributed by atoms with E-state index < -0.39 is 17.6 Å². The lowest BCUT2D eigenvalue weighted by Crippen LogP contribution is -2.18. The van der Waals surface area contributed by atoms with Gasteiger partial charge in [0, 0.05) is 12.4 Å². The molecule has 0 atom stereocenters. The molecule has 0 unspecified atom stereocenters. The number of carbonyl (C=O) groups is 1. The van der Waals surface area contributed by atoms with Gasteiger partial charge in [-0.1, -0.05) is 55.9 Å². The lowest BCUT2D eigenvalue weighted by Gasteiger charge is -2.15. The van der Waals surface area contributed by atoms with E-state index in [-0.39, 0.29) is 11.4 Å². The Morgan fingerprint density at radius 1 is 1.14 bits per heavy atom. The predicted octanol–water partition coefficient (Wildman–Crippen LogP) is 5.75. The van der Waals surface area contributed by atoms with Crippen molar-refractivity contribution in [3.63, 3.8) is 0 Å². The average molecular weight is 419 g/mol. The van der Waals surface area contributed by atoms with Crippen LogP contribution in [0.15, 0.2) is 66.1 Å². The molecule has 3 rings (SSSR count). The van der Waals surface area contributed by atoms with Crippen molar-refractivity contribution in [3.8, 4) is 5.69 Å². The first-order valence-electron chi connectivity index (χ1n) is 8.99. The number of nitrogens with zero attached hydrogens (tertiary/aromatic N) is 2. The van der Waals surface area contributed by atoms with Gasteiger partial charge in [-0.2, -0.15) is 13.2 Å². The number of aromatic nitrogens is 2. The van der Waals surface area contributed by atoms with Crippen LogP contribution in [0, 0.1) is 0 Å². The van der Waals surface area contributed by atoms with Crippen LogP contribution in [0.2, 0.25) is 0 Å². The molecule has 3 aromatic rings. The number of benzene rings is 2. The molecule has 29 heavy (non-hydrogen) atoms. The van der Waals surface area contributed by atoms with Gasteiger partial charge in [-0.15, -0.1) is 0 Å². The summed E-state index contributed by atoms with van der Waals surface area (Å²) < 4.78 is 41.1. The number of amides is 1. The maximum absolute atomic E-state index is 13.1. The van der Waals surface area contributed by atoms with Crippen molar-refractivity contribution in [3.05, 3.63) is 72.1 Å².